The Bertz CT molecular complexity index is 714. The molecule has 3 rings (SSSR count). The average Bonchev–Trinajstić information content (AvgIpc) is 2.61. The van der Waals surface area contributed by atoms with Crippen molar-refractivity contribution in [3.63, 3.8) is 0 Å². The van der Waals surface area contributed by atoms with E-state index in [0.29, 0.717) is 5.56 Å². The number of nitrogens with one attached hydrogen (secondary N) is 1. The summed E-state index contributed by atoms with van der Waals surface area (Å²) in [6, 6.07) is 9.76. The average molecular weight is 389 g/mol. The van der Waals surface area contributed by atoms with Gasteiger partial charge >= 0.3 is 0 Å². The molecule has 24 heavy (non-hydrogen) atoms. The Kier molecular flexibility index (Phi) is 5.48. The number of hydrogen-bond donors (Lipinski definition) is 1. The number of carbonyl (C=O) groups is 1. The molecule has 1 fully saturated rings. The van der Waals surface area contributed by atoms with Gasteiger partial charge in [-0.3, -0.25) is 9.78 Å². The predicted molar refractivity (Wildman–Crippen MR) is 99.7 cm³/mol. The first kappa shape index (κ1) is 16.9. The topological polar surface area (TPSA) is 48.5 Å². The summed E-state index contributed by atoms with van der Waals surface area (Å²) in [5.74, 6) is 0.0520. The van der Waals surface area contributed by atoms with Gasteiger partial charge in [-0.1, -0.05) is 28.9 Å². The van der Waals surface area contributed by atoms with Crippen LogP contribution in [0.4, 0.5) is 11.4 Å². The van der Waals surface area contributed by atoms with Crippen molar-refractivity contribution in [2.45, 2.75) is 6.92 Å². The van der Waals surface area contributed by atoms with E-state index in [2.05, 4.69) is 38.1 Å². The minimum atomic E-state index is 0.0520. The minimum absolute atomic E-state index is 0.0520. The summed E-state index contributed by atoms with van der Waals surface area (Å²) in [5, 5.41) is 3.29. The molecule has 6 heteroatoms. The number of carbonyl (C=O) groups excluding carboxylic acids is 1. The third-order valence-electron chi connectivity index (χ3n) is 4.21. The molecule has 1 amide bonds. The molecular formula is C18H21BrN4O. The Morgan fingerprint density at radius 1 is 1.17 bits per heavy atom. The number of aromatic nitrogens is 1. The Balaban J connectivity index is 1.69. The number of benzene rings is 1. The largest absolute Gasteiger partial charge is 0.354 e. The lowest BCUT2D eigenvalue weighted by Gasteiger charge is -2.34. The predicted octanol–water partition coefficient (Wildman–Crippen LogP) is 3.37. The molecule has 0 bridgehead atoms. The molecule has 0 aliphatic carbocycles. The molecule has 2 heterocycles. The number of rotatable bonds is 4. The normalized spacial score (nSPS) is 15.3. The van der Waals surface area contributed by atoms with Crippen LogP contribution in [-0.2, 0) is 0 Å². The highest BCUT2D eigenvalue weighted by Gasteiger charge is 2.21. The fraction of sp³-hybridized carbons (Fsp3) is 0.333. The molecule has 1 N–H and O–H groups in total. The van der Waals surface area contributed by atoms with Crippen LogP contribution in [0.15, 0.2) is 47.2 Å². The van der Waals surface area contributed by atoms with Gasteiger partial charge in [-0.25, -0.2) is 0 Å². The van der Waals surface area contributed by atoms with Crippen LogP contribution in [-0.4, -0.2) is 53.4 Å². The minimum Gasteiger partial charge on any atom is -0.354 e. The quantitative estimate of drug-likeness (QED) is 0.871. The fourth-order valence-electron chi connectivity index (χ4n) is 2.81. The van der Waals surface area contributed by atoms with Gasteiger partial charge in [-0.05, 0) is 30.8 Å². The molecule has 1 aliphatic heterocycles. The van der Waals surface area contributed by atoms with E-state index in [0.717, 1.165) is 48.6 Å². The van der Waals surface area contributed by atoms with Gasteiger partial charge in [-0.2, -0.15) is 0 Å². The van der Waals surface area contributed by atoms with Gasteiger partial charge < -0.3 is 15.1 Å². The third kappa shape index (κ3) is 4.13. The fourth-order valence-corrected chi connectivity index (χ4v) is 3.21. The zero-order valence-corrected chi connectivity index (χ0v) is 15.3. The maximum Gasteiger partial charge on any atom is 0.255 e. The van der Waals surface area contributed by atoms with Crippen LogP contribution in [0.3, 0.4) is 0 Å². The van der Waals surface area contributed by atoms with Crippen molar-refractivity contribution in [1.29, 1.82) is 0 Å². The van der Waals surface area contributed by atoms with Crippen molar-refractivity contribution in [2.75, 3.05) is 38.0 Å². The van der Waals surface area contributed by atoms with E-state index in [1.807, 2.05) is 35.2 Å². The van der Waals surface area contributed by atoms with Crippen LogP contribution in [0, 0.1) is 0 Å². The lowest BCUT2D eigenvalue weighted by molar-refractivity contribution is 0.0643. The number of likely N-dealkylation sites (N-methyl/N-ethyl adjacent to an activating group) is 1. The van der Waals surface area contributed by atoms with Crippen LogP contribution in [0.5, 0.6) is 0 Å². The van der Waals surface area contributed by atoms with E-state index in [9.17, 15) is 4.79 Å². The number of halogens is 1. The second-order valence-electron chi connectivity index (χ2n) is 5.82. The zero-order valence-electron chi connectivity index (χ0n) is 13.7. The Morgan fingerprint density at radius 3 is 2.67 bits per heavy atom. The van der Waals surface area contributed by atoms with Gasteiger partial charge in [0.05, 0.1) is 17.4 Å². The first-order chi connectivity index (χ1) is 11.7. The lowest BCUT2D eigenvalue weighted by Crippen LogP contribution is -2.48. The third-order valence-corrected chi connectivity index (χ3v) is 4.70. The van der Waals surface area contributed by atoms with E-state index in [1.165, 1.54) is 0 Å². The Labute approximate surface area is 150 Å². The first-order valence-corrected chi connectivity index (χ1v) is 8.94. The summed E-state index contributed by atoms with van der Waals surface area (Å²) in [4.78, 5) is 21.2. The van der Waals surface area contributed by atoms with Crippen molar-refractivity contribution < 1.29 is 4.79 Å². The van der Waals surface area contributed by atoms with Crippen molar-refractivity contribution in [1.82, 2.24) is 14.8 Å². The molecule has 0 saturated carbocycles. The summed E-state index contributed by atoms with van der Waals surface area (Å²) in [5.41, 5.74) is 2.39. The second kappa shape index (κ2) is 7.77. The van der Waals surface area contributed by atoms with Crippen LogP contribution >= 0.6 is 15.9 Å². The number of anilines is 2. The van der Waals surface area contributed by atoms with Crippen molar-refractivity contribution in [3.05, 3.63) is 52.8 Å². The van der Waals surface area contributed by atoms with E-state index >= 15 is 0 Å². The van der Waals surface area contributed by atoms with E-state index < -0.39 is 0 Å². The van der Waals surface area contributed by atoms with Crippen molar-refractivity contribution >= 4 is 33.2 Å². The molecular weight excluding hydrogens is 368 g/mol. The van der Waals surface area contributed by atoms with Crippen molar-refractivity contribution in [3.8, 4) is 0 Å². The standard InChI is InChI=1S/C18H21BrN4O/c1-2-22-6-8-23(9-7-22)18(24)14-10-17(13-20-12-14)21-16-5-3-4-15(19)11-16/h3-5,10-13,21H,2,6-9H2,1H3. The van der Waals surface area contributed by atoms with Gasteiger partial charge in [0.25, 0.3) is 5.91 Å². The number of piperazine rings is 1. The molecule has 0 atom stereocenters. The number of amides is 1. The highest BCUT2D eigenvalue weighted by atomic mass is 79.9. The van der Waals surface area contributed by atoms with Crippen LogP contribution in [0.25, 0.3) is 0 Å². The molecule has 0 spiro atoms. The molecule has 0 unspecified atom stereocenters. The summed E-state index contributed by atoms with van der Waals surface area (Å²) in [6.45, 7) is 6.61. The van der Waals surface area contributed by atoms with Gasteiger partial charge in [-0.15, -0.1) is 0 Å². The maximum atomic E-state index is 12.7. The summed E-state index contributed by atoms with van der Waals surface area (Å²) in [7, 11) is 0. The van der Waals surface area contributed by atoms with Crippen LogP contribution in [0.1, 0.15) is 17.3 Å². The van der Waals surface area contributed by atoms with Crippen molar-refractivity contribution in [2.24, 2.45) is 0 Å². The van der Waals surface area contributed by atoms with Gasteiger partial charge in [0.15, 0.2) is 0 Å². The Morgan fingerprint density at radius 2 is 1.96 bits per heavy atom. The molecule has 0 radical (unpaired) electrons. The molecule has 1 saturated heterocycles. The first-order valence-electron chi connectivity index (χ1n) is 8.15. The van der Waals surface area contributed by atoms with Crippen LogP contribution < -0.4 is 5.32 Å². The SMILES string of the molecule is CCN1CCN(C(=O)c2cncc(Nc3cccc(Br)c3)c2)CC1. The molecule has 1 aromatic carbocycles. The van der Waals surface area contributed by atoms with Crippen LogP contribution in [0.2, 0.25) is 0 Å². The highest BCUT2D eigenvalue weighted by Crippen LogP contribution is 2.21. The monoisotopic (exact) mass is 388 g/mol. The van der Waals surface area contributed by atoms with E-state index in [4.69, 9.17) is 0 Å². The lowest BCUT2D eigenvalue weighted by atomic mass is 10.2. The highest BCUT2D eigenvalue weighted by molar-refractivity contribution is 9.10. The number of hydrogen-bond acceptors (Lipinski definition) is 4. The van der Waals surface area contributed by atoms with Gasteiger partial charge in [0, 0.05) is 42.5 Å². The summed E-state index contributed by atoms with van der Waals surface area (Å²) in [6.07, 6.45) is 3.37. The number of nitrogens with zero attached hydrogens (tertiary/aromatic N) is 3. The summed E-state index contributed by atoms with van der Waals surface area (Å²) < 4.78 is 1.00. The van der Waals surface area contributed by atoms with E-state index in [-0.39, 0.29) is 5.91 Å². The molecule has 2 aromatic rings. The second-order valence-corrected chi connectivity index (χ2v) is 6.74. The summed E-state index contributed by atoms with van der Waals surface area (Å²) >= 11 is 3.46. The molecule has 1 aliphatic rings. The molecule has 126 valence electrons. The Hall–Kier alpha value is -1.92. The number of pyridine rings is 1. The molecule has 5 nitrogen and oxygen atoms in total. The van der Waals surface area contributed by atoms with E-state index in [1.54, 1.807) is 12.4 Å². The van der Waals surface area contributed by atoms with Gasteiger partial charge in [0.2, 0.25) is 0 Å². The zero-order chi connectivity index (χ0) is 16.9. The molecule has 1 aromatic heterocycles. The van der Waals surface area contributed by atoms with Gasteiger partial charge in [0.1, 0.15) is 0 Å². The maximum absolute atomic E-state index is 12.7. The smallest absolute Gasteiger partial charge is 0.255 e.